The second-order valence-electron chi connectivity index (χ2n) is 2.06. The number of halogens is 1. The third-order valence-corrected chi connectivity index (χ3v) is 1.44. The quantitative estimate of drug-likeness (QED) is 0.458. The molecule has 0 aliphatic heterocycles. The molecule has 11 heavy (non-hydrogen) atoms. The van der Waals surface area contributed by atoms with Crippen molar-refractivity contribution < 1.29 is 4.74 Å². The van der Waals surface area contributed by atoms with Crippen LogP contribution in [0.5, 0.6) is 0 Å². The van der Waals surface area contributed by atoms with E-state index in [0.29, 0.717) is 5.92 Å². The van der Waals surface area contributed by atoms with Gasteiger partial charge in [-0.25, -0.2) is 0 Å². The smallest absolute Gasteiger partial charge is 0.0790 e. The summed E-state index contributed by atoms with van der Waals surface area (Å²) in [4.78, 5) is 0. The highest BCUT2D eigenvalue weighted by Crippen LogP contribution is 2.07. The highest BCUT2D eigenvalue weighted by atomic mass is 35.5. The summed E-state index contributed by atoms with van der Waals surface area (Å²) in [5, 5.41) is 0. The van der Waals surface area contributed by atoms with Crippen LogP contribution in [-0.2, 0) is 4.74 Å². The van der Waals surface area contributed by atoms with Gasteiger partial charge in [-0.05, 0) is 12.5 Å². The molecule has 1 nitrogen and oxygen atoms in total. The van der Waals surface area contributed by atoms with Gasteiger partial charge in [-0.3, -0.25) is 0 Å². The zero-order chi connectivity index (χ0) is 8.53. The van der Waals surface area contributed by atoms with Gasteiger partial charge in [-0.15, -0.1) is 6.58 Å². The van der Waals surface area contributed by atoms with Crippen molar-refractivity contribution in [3.63, 3.8) is 0 Å². The Bertz CT molecular complexity index is 150. The van der Waals surface area contributed by atoms with Crippen molar-refractivity contribution in [1.29, 1.82) is 0 Å². The van der Waals surface area contributed by atoms with Crippen molar-refractivity contribution in [2.24, 2.45) is 5.92 Å². The Morgan fingerprint density at radius 1 is 1.64 bits per heavy atom. The first-order valence-electron chi connectivity index (χ1n) is 3.42. The Balaban J connectivity index is 3.75. The van der Waals surface area contributed by atoms with Crippen LogP contribution < -0.4 is 0 Å². The van der Waals surface area contributed by atoms with Crippen LogP contribution in [0.15, 0.2) is 36.6 Å². The van der Waals surface area contributed by atoms with E-state index in [1.54, 1.807) is 13.4 Å². The molecule has 0 aliphatic carbocycles. The van der Waals surface area contributed by atoms with Crippen LogP contribution in [0.2, 0.25) is 0 Å². The van der Waals surface area contributed by atoms with Crippen molar-refractivity contribution in [1.82, 2.24) is 0 Å². The maximum Gasteiger partial charge on any atom is 0.0790 e. The summed E-state index contributed by atoms with van der Waals surface area (Å²) in [6, 6.07) is 0. The Kier molecular flexibility index (Phi) is 6.95. The van der Waals surface area contributed by atoms with Crippen molar-refractivity contribution >= 4 is 11.6 Å². The molecule has 0 aromatic carbocycles. The van der Waals surface area contributed by atoms with Crippen LogP contribution in [0, 0.1) is 5.92 Å². The first kappa shape index (κ1) is 10.3. The highest BCUT2D eigenvalue weighted by Gasteiger charge is 1.94. The lowest BCUT2D eigenvalue weighted by Gasteiger charge is -2.00. The molecule has 0 amide bonds. The van der Waals surface area contributed by atoms with Gasteiger partial charge in [0, 0.05) is 11.5 Å². The minimum Gasteiger partial charge on any atom is -0.505 e. The molecule has 0 radical (unpaired) electrons. The van der Waals surface area contributed by atoms with Gasteiger partial charge < -0.3 is 4.74 Å². The third kappa shape index (κ3) is 5.74. The van der Waals surface area contributed by atoms with Crippen LogP contribution >= 0.6 is 11.6 Å². The largest absolute Gasteiger partial charge is 0.505 e. The molecular formula is C9H13ClO. The second-order valence-corrected chi connectivity index (χ2v) is 2.31. The lowest BCUT2D eigenvalue weighted by molar-refractivity contribution is 0.335. The molecule has 62 valence electrons. The molecule has 0 rings (SSSR count). The molecule has 0 aliphatic rings. The number of ether oxygens (including phenoxy) is 1. The molecule has 1 atom stereocenters. The Morgan fingerprint density at radius 3 is 2.82 bits per heavy atom. The summed E-state index contributed by atoms with van der Waals surface area (Å²) in [5.74, 6) is 0.310. The lowest BCUT2D eigenvalue weighted by Crippen LogP contribution is -1.87. The molecular weight excluding hydrogens is 160 g/mol. The normalized spacial score (nSPS) is 14.0. The molecule has 0 saturated heterocycles. The fraction of sp³-hybridized carbons (Fsp3) is 0.333. The second kappa shape index (κ2) is 7.42. The minimum absolute atomic E-state index is 0.310. The Labute approximate surface area is 73.0 Å². The first-order chi connectivity index (χ1) is 5.35. The molecule has 0 heterocycles. The minimum atomic E-state index is 0.310. The molecule has 1 unspecified atom stereocenters. The van der Waals surface area contributed by atoms with E-state index in [1.807, 2.05) is 18.2 Å². The zero-order valence-electron chi connectivity index (χ0n) is 6.66. The summed E-state index contributed by atoms with van der Waals surface area (Å²) in [5.41, 5.74) is 1.51. The van der Waals surface area contributed by atoms with Gasteiger partial charge >= 0.3 is 0 Å². The van der Waals surface area contributed by atoms with Gasteiger partial charge in [-0.2, -0.15) is 0 Å². The Hall–Kier alpha value is -0.690. The predicted octanol–water partition coefficient (Wildman–Crippen LogP) is 3.09. The summed E-state index contributed by atoms with van der Waals surface area (Å²) in [7, 11) is 1.62. The number of allylic oxidation sites excluding steroid dienone is 3. The summed E-state index contributed by atoms with van der Waals surface area (Å²) in [6.07, 6.45) is 8.19. The van der Waals surface area contributed by atoms with Crippen molar-refractivity contribution in [3.8, 4) is 0 Å². The number of methoxy groups -OCH3 is 1. The summed E-state index contributed by atoms with van der Waals surface area (Å²) < 4.78 is 4.77. The van der Waals surface area contributed by atoms with E-state index < -0.39 is 0 Å². The van der Waals surface area contributed by atoms with E-state index in [-0.39, 0.29) is 0 Å². The van der Waals surface area contributed by atoms with Crippen LogP contribution in [0.1, 0.15) is 6.42 Å². The van der Waals surface area contributed by atoms with E-state index in [9.17, 15) is 0 Å². The molecule has 0 bridgehead atoms. The van der Waals surface area contributed by atoms with Gasteiger partial charge in [0.05, 0.1) is 13.4 Å². The predicted molar refractivity (Wildman–Crippen MR) is 49.4 cm³/mol. The topological polar surface area (TPSA) is 9.23 Å². The fourth-order valence-corrected chi connectivity index (χ4v) is 0.744. The van der Waals surface area contributed by atoms with Gasteiger partial charge in [0.25, 0.3) is 0 Å². The lowest BCUT2D eigenvalue weighted by atomic mass is 10.1. The highest BCUT2D eigenvalue weighted by molar-refractivity contribution is 6.25. The Morgan fingerprint density at radius 2 is 2.36 bits per heavy atom. The summed E-state index contributed by atoms with van der Waals surface area (Å²) >= 11 is 5.37. The van der Waals surface area contributed by atoms with E-state index in [4.69, 9.17) is 16.3 Å². The monoisotopic (exact) mass is 172 g/mol. The molecule has 0 spiro atoms. The van der Waals surface area contributed by atoms with Crippen LogP contribution in [0.25, 0.3) is 0 Å². The van der Waals surface area contributed by atoms with E-state index in [2.05, 4.69) is 6.58 Å². The van der Waals surface area contributed by atoms with E-state index in [0.717, 1.165) is 6.42 Å². The molecule has 0 fully saturated rings. The van der Waals surface area contributed by atoms with Gasteiger partial charge in [-0.1, -0.05) is 23.8 Å². The van der Waals surface area contributed by atoms with Gasteiger partial charge in [0.2, 0.25) is 0 Å². The van der Waals surface area contributed by atoms with Crippen LogP contribution in [-0.4, -0.2) is 7.11 Å². The number of hydrogen-bond donors (Lipinski definition) is 0. The first-order valence-corrected chi connectivity index (χ1v) is 3.86. The molecule has 2 heteroatoms. The molecule has 0 saturated carbocycles. The van der Waals surface area contributed by atoms with Crippen LogP contribution in [0.4, 0.5) is 0 Å². The average molecular weight is 173 g/mol. The summed E-state index contributed by atoms with van der Waals surface area (Å²) in [6.45, 7) is 3.68. The average Bonchev–Trinajstić information content (AvgIpc) is 2.05. The van der Waals surface area contributed by atoms with Gasteiger partial charge in [0.1, 0.15) is 0 Å². The van der Waals surface area contributed by atoms with Crippen molar-refractivity contribution in [2.45, 2.75) is 6.42 Å². The maximum absolute atomic E-state index is 5.37. The standard InChI is InChI=1S/C9H13ClO/c1-3-9(5-4-7-10)6-8-11-2/h3-4,6-9H,1,5H2,2H3/b7-4+,8-6+. The zero-order valence-corrected chi connectivity index (χ0v) is 7.42. The third-order valence-electron chi connectivity index (χ3n) is 1.26. The molecule has 0 aromatic rings. The fourth-order valence-electron chi connectivity index (χ4n) is 0.641. The van der Waals surface area contributed by atoms with E-state index >= 15 is 0 Å². The molecule has 0 aromatic heterocycles. The van der Waals surface area contributed by atoms with Gasteiger partial charge in [0.15, 0.2) is 0 Å². The van der Waals surface area contributed by atoms with E-state index in [1.165, 1.54) is 5.54 Å². The molecule has 0 N–H and O–H groups in total. The van der Waals surface area contributed by atoms with Crippen molar-refractivity contribution in [3.05, 3.63) is 36.6 Å². The number of rotatable bonds is 5. The van der Waals surface area contributed by atoms with Crippen LogP contribution in [0.3, 0.4) is 0 Å². The SMILES string of the molecule is C=CC(/C=C/OC)C/C=C/Cl. The van der Waals surface area contributed by atoms with Crippen molar-refractivity contribution in [2.75, 3.05) is 7.11 Å². The number of hydrogen-bond acceptors (Lipinski definition) is 1. The maximum atomic E-state index is 5.37.